The standard InChI is InChI=1S/C14H24N4O4S2/c1-9-10(7-15)22-11(14(9,2)3)8-23-6-5-16-12-13(21-4)18-24(19,20)17-12/h11H,5-8,15H2,1-4H3,(H,16,17)/t11-/m1/s1. The molecule has 2 rings (SSSR count). The van der Waals surface area contributed by atoms with Gasteiger partial charge >= 0.3 is 10.2 Å². The quantitative estimate of drug-likeness (QED) is 0.655. The lowest BCUT2D eigenvalue weighted by atomic mass is 9.82. The Bertz CT molecular complexity index is 683. The lowest BCUT2D eigenvalue weighted by molar-refractivity contribution is 0.0959. The number of thioether (sulfide) groups is 1. The molecule has 0 aromatic heterocycles. The number of nitrogens with zero attached hydrogens (tertiary/aromatic N) is 2. The highest BCUT2D eigenvalue weighted by atomic mass is 32.2. The third-order valence-electron chi connectivity index (χ3n) is 4.27. The highest BCUT2D eigenvalue weighted by Crippen LogP contribution is 2.42. The van der Waals surface area contributed by atoms with E-state index < -0.39 is 10.2 Å². The first-order chi connectivity index (χ1) is 11.2. The molecule has 136 valence electrons. The van der Waals surface area contributed by atoms with Gasteiger partial charge in [0.1, 0.15) is 11.9 Å². The maximum absolute atomic E-state index is 11.3. The fraction of sp³-hybridized carbons (Fsp3) is 0.714. The zero-order valence-corrected chi connectivity index (χ0v) is 16.0. The van der Waals surface area contributed by atoms with Gasteiger partial charge in [0.05, 0.1) is 13.7 Å². The molecule has 1 atom stereocenters. The number of hydrogen-bond donors (Lipinski definition) is 2. The van der Waals surface area contributed by atoms with Gasteiger partial charge in [-0.1, -0.05) is 13.8 Å². The maximum Gasteiger partial charge on any atom is 0.368 e. The zero-order chi connectivity index (χ0) is 18.0. The molecule has 0 bridgehead atoms. The molecule has 0 aromatic rings. The number of ether oxygens (including phenoxy) is 2. The molecule has 10 heteroatoms. The van der Waals surface area contributed by atoms with Crippen LogP contribution in [-0.4, -0.2) is 58.0 Å². The van der Waals surface area contributed by atoms with Crippen molar-refractivity contribution in [2.24, 2.45) is 19.9 Å². The molecule has 2 aliphatic heterocycles. The van der Waals surface area contributed by atoms with Crippen molar-refractivity contribution in [1.29, 1.82) is 0 Å². The van der Waals surface area contributed by atoms with Crippen molar-refractivity contribution < 1.29 is 17.9 Å². The van der Waals surface area contributed by atoms with Crippen LogP contribution in [0.2, 0.25) is 0 Å². The van der Waals surface area contributed by atoms with Crippen LogP contribution in [0.25, 0.3) is 0 Å². The van der Waals surface area contributed by atoms with Crippen LogP contribution >= 0.6 is 11.8 Å². The minimum Gasteiger partial charge on any atom is -0.492 e. The number of hydrogen-bond acceptors (Lipinski definition) is 7. The molecular weight excluding hydrogens is 352 g/mol. The number of nitrogens with two attached hydrogens (primary N) is 1. The lowest BCUT2D eigenvalue weighted by Gasteiger charge is -2.27. The summed E-state index contributed by atoms with van der Waals surface area (Å²) in [6.45, 7) is 7.36. The van der Waals surface area contributed by atoms with Crippen LogP contribution in [0.1, 0.15) is 20.8 Å². The Labute approximate surface area is 147 Å². The number of methoxy groups -OCH3 is 1. The third kappa shape index (κ3) is 4.04. The van der Waals surface area contributed by atoms with E-state index in [2.05, 4.69) is 34.9 Å². The zero-order valence-electron chi connectivity index (χ0n) is 14.3. The molecule has 0 amide bonds. The van der Waals surface area contributed by atoms with E-state index in [1.807, 2.05) is 0 Å². The van der Waals surface area contributed by atoms with Gasteiger partial charge in [-0.3, -0.25) is 0 Å². The molecule has 24 heavy (non-hydrogen) atoms. The van der Waals surface area contributed by atoms with E-state index in [0.29, 0.717) is 13.1 Å². The Hall–Kier alpha value is -1.26. The van der Waals surface area contributed by atoms with E-state index in [9.17, 15) is 8.42 Å². The monoisotopic (exact) mass is 376 g/mol. The average molecular weight is 377 g/mol. The molecule has 0 saturated heterocycles. The molecular formula is C14H24N4O4S2. The van der Waals surface area contributed by atoms with Gasteiger partial charge in [0.25, 0.3) is 5.90 Å². The van der Waals surface area contributed by atoms with Gasteiger partial charge in [0.2, 0.25) is 5.84 Å². The van der Waals surface area contributed by atoms with Crippen molar-refractivity contribution in [3.63, 3.8) is 0 Å². The Morgan fingerprint density at radius 3 is 2.71 bits per heavy atom. The van der Waals surface area contributed by atoms with Gasteiger partial charge in [-0.05, 0) is 12.5 Å². The molecule has 2 aliphatic rings. The molecule has 2 heterocycles. The maximum atomic E-state index is 11.3. The smallest absolute Gasteiger partial charge is 0.368 e. The summed E-state index contributed by atoms with van der Waals surface area (Å²) in [5.74, 6) is 2.62. The van der Waals surface area contributed by atoms with Gasteiger partial charge in [-0.15, -0.1) is 8.80 Å². The first-order valence-corrected chi connectivity index (χ1v) is 10.1. The molecule has 0 fully saturated rings. The summed E-state index contributed by atoms with van der Waals surface area (Å²) in [5, 5.41) is 2.94. The van der Waals surface area contributed by atoms with Crippen LogP contribution in [0.15, 0.2) is 20.1 Å². The van der Waals surface area contributed by atoms with Crippen molar-refractivity contribution in [3.8, 4) is 0 Å². The Morgan fingerprint density at radius 2 is 2.12 bits per heavy atom. The highest BCUT2D eigenvalue weighted by Gasteiger charge is 2.40. The summed E-state index contributed by atoms with van der Waals surface area (Å²) in [6.07, 6.45) is 0.0846. The molecule has 3 N–H and O–H groups in total. The van der Waals surface area contributed by atoms with E-state index in [-0.39, 0.29) is 23.3 Å². The molecule has 0 spiro atoms. The van der Waals surface area contributed by atoms with Gasteiger partial charge in [-0.2, -0.15) is 20.2 Å². The van der Waals surface area contributed by atoms with Crippen LogP contribution in [-0.2, 0) is 19.7 Å². The van der Waals surface area contributed by atoms with Crippen LogP contribution < -0.4 is 11.1 Å². The van der Waals surface area contributed by atoms with Crippen molar-refractivity contribution >= 4 is 33.7 Å². The largest absolute Gasteiger partial charge is 0.492 e. The van der Waals surface area contributed by atoms with Crippen LogP contribution in [0.4, 0.5) is 0 Å². The molecule has 8 nitrogen and oxygen atoms in total. The van der Waals surface area contributed by atoms with Crippen molar-refractivity contribution in [1.82, 2.24) is 5.32 Å². The Balaban J connectivity index is 1.76. The van der Waals surface area contributed by atoms with E-state index in [1.54, 1.807) is 11.8 Å². The summed E-state index contributed by atoms with van der Waals surface area (Å²) < 4.78 is 40.3. The van der Waals surface area contributed by atoms with E-state index in [1.165, 1.54) is 12.7 Å². The molecule has 0 radical (unpaired) electrons. The fourth-order valence-corrected chi connectivity index (χ4v) is 4.35. The second-order valence-corrected chi connectivity index (χ2v) is 8.48. The third-order valence-corrected chi connectivity index (χ3v) is 6.11. The van der Waals surface area contributed by atoms with E-state index >= 15 is 0 Å². The molecule has 0 aliphatic carbocycles. The number of amidine groups is 1. The highest BCUT2D eigenvalue weighted by molar-refractivity contribution is 7.99. The van der Waals surface area contributed by atoms with Gasteiger partial charge in [0.15, 0.2) is 0 Å². The minimum atomic E-state index is -3.80. The predicted octanol–water partition coefficient (Wildman–Crippen LogP) is 0.669. The molecule has 0 aromatic carbocycles. The summed E-state index contributed by atoms with van der Waals surface area (Å²) in [5.41, 5.74) is 6.89. The minimum absolute atomic E-state index is 0.00679. The van der Waals surface area contributed by atoms with Crippen molar-refractivity contribution in [2.45, 2.75) is 26.9 Å². The van der Waals surface area contributed by atoms with Crippen LogP contribution in [0, 0.1) is 5.41 Å². The summed E-state index contributed by atoms with van der Waals surface area (Å²) in [4.78, 5) is 0. The predicted molar refractivity (Wildman–Crippen MR) is 96.5 cm³/mol. The first-order valence-electron chi connectivity index (χ1n) is 7.59. The fourth-order valence-electron chi connectivity index (χ4n) is 2.45. The summed E-state index contributed by atoms with van der Waals surface area (Å²) >= 11 is 1.72. The Morgan fingerprint density at radius 1 is 1.42 bits per heavy atom. The molecule has 0 saturated carbocycles. The van der Waals surface area contributed by atoms with Gasteiger partial charge < -0.3 is 20.5 Å². The Kier molecular flexibility index (Phi) is 5.82. The summed E-state index contributed by atoms with van der Waals surface area (Å²) in [7, 11) is -2.44. The van der Waals surface area contributed by atoms with Crippen molar-refractivity contribution in [3.05, 3.63) is 11.3 Å². The SMILES string of the molecule is COC1=NS(=O)(=O)N=C1NCCSC[C@H]1OC(CN)=C(C)C1(C)C. The summed E-state index contributed by atoms with van der Waals surface area (Å²) in [6, 6.07) is 0. The van der Waals surface area contributed by atoms with Gasteiger partial charge in [-0.25, -0.2) is 0 Å². The van der Waals surface area contributed by atoms with Crippen LogP contribution in [0.5, 0.6) is 0 Å². The second-order valence-electron chi connectivity index (χ2n) is 6.07. The normalized spacial score (nSPS) is 24.5. The number of rotatable bonds is 6. The van der Waals surface area contributed by atoms with Crippen molar-refractivity contribution in [2.75, 3.05) is 31.7 Å². The van der Waals surface area contributed by atoms with E-state index in [4.69, 9.17) is 15.2 Å². The van der Waals surface area contributed by atoms with Crippen LogP contribution in [0.3, 0.4) is 0 Å². The first kappa shape index (κ1) is 19.1. The average Bonchev–Trinajstić information content (AvgIpc) is 2.93. The number of nitrogens with one attached hydrogen (secondary N) is 1. The second kappa shape index (κ2) is 7.32. The lowest BCUT2D eigenvalue weighted by Crippen LogP contribution is -2.33. The van der Waals surface area contributed by atoms with E-state index in [0.717, 1.165) is 17.3 Å². The van der Waals surface area contributed by atoms with Gasteiger partial charge in [0, 0.05) is 23.5 Å². The molecule has 0 unspecified atom stereocenters. The topological polar surface area (TPSA) is 115 Å².